The van der Waals surface area contributed by atoms with E-state index in [-0.39, 0.29) is 40.1 Å². The van der Waals surface area contributed by atoms with E-state index in [9.17, 15) is 19.2 Å². The van der Waals surface area contributed by atoms with E-state index in [2.05, 4.69) is 122 Å². The molecule has 0 aromatic heterocycles. The maximum absolute atomic E-state index is 14.1. The van der Waals surface area contributed by atoms with E-state index in [1.807, 2.05) is 68.1 Å². The Hall–Kier alpha value is -5.16. The van der Waals surface area contributed by atoms with Gasteiger partial charge in [0.25, 0.3) is 23.6 Å². The van der Waals surface area contributed by atoms with Crippen LogP contribution in [0.25, 0.3) is 22.8 Å². The van der Waals surface area contributed by atoms with Gasteiger partial charge in [0, 0.05) is 51.6 Å². The fourth-order valence-electron chi connectivity index (χ4n) is 10.3. The Bertz CT molecular complexity index is 2400. The van der Waals surface area contributed by atoms with Gasteiger partial charge in [-0.2, -0.15) is 1.37 Å². The summed E-state index contributed by atoms with van der Waals surface area (Å²) in [5.41, 5.74) is 11.4. The first-order valence-electron chi connectivity index (χ1n) is 27.6. The molecule has 0 atom stereocenters. The molecule has 4 aromatic carbocycles. The number of benzene rings is 4. The monoisotopic (exact) mass is 1180 g/mol. The summed E-state index contributed by atoms with van der Waals surface area (Å²) in [6.07, 6.45) is 17.2. The number of rotatable bonds is 24. The van der Waals surface area contributed by atoms with Crippen molar-refractivity contribution in [2.75, 3.05) is 26.2 Å². The SMILES string of the molecule is CCCCCCN1C(=O)C2=C(c3ccc(Br)cc3)N(CCCCCC)C(=O)C2=C1c1ccc(Br)cc1.CCCCCCN1C(=O)C2=C(c3ccc(C)cc3)N(CCCCCC)C(=O)C2=C1c1ccc(C)cc1.[2H][C-]=O.[Ni]. The first-order valence-corrected chi connectivity index (χ1v) is 28.7. The van der Waals surface area contributed by atoms with Gasteiger partial charge >= 0.3 is 0 Å². The van der Waals surface area contributed by atoms with Crippen LogP contribution in [0, 0.1) is 13.8 Å². The van der Waals surface area contributed by atoms with E-state index in [0.29, 0.717) is 48.5 Å². The maximum Gasteiger partial charge on any atom is 0.261 e. The average Bonchev–Trinajstić information content (AvgIpc) is 4.06. The number of hydrogen-bond donors (Lipinski definition) is 0. The standard InChI is InChI=1S/C32H40N2O2.C30H34Br2N2O2.CHO.Ni/c1-5-7-9-11-21-33-29(25-17-13-23(3)14-18-25)27-28(31(33)35)30(26-19-15-24(4)16-20-26)34(32(27)36)22-12-10-8-6-2;1-3-5-7-9-19-33-27(21-11-15-23(31)16-12-21)25-26(29(33)35)28(22-13-17-24(32)18-14-22)34(30(25)36)20-10-8-6-4-2;1-2;/h13-20H,5-12,21-22H2,1-4H3;11-18H,3-10,19-20H2,1-2H3;1H;/q;;-1;/i;;1D;. The normalized spacial score (nSPS) is 15.1. The summed E-state index contributed by atoms with van der Waals surface area (Å²) < 4.78 is 7.34. The van der Waals surface area contributed by atoms with Gasteiger partial charge in [-0.3, -0.25) is 25.9 Å². The minimum absolute atomic E-state index is 0. The van der Waals surface area contributed by atoms with E-state index in [4.69, 9.17) is 6.17 Å². The number of carbonyl (C=O) groups is 4. The molecule has 12 heteroatoms. The van der Waals surface area contributed by atoms with Crippen LogP contribution in [0.15, 0.2) is 128 Å². The summed E-state index contributed by atoms with van der Waals surface area (Å²) >= 11 is 7.04. The molecule has 402 valence electrons. The van der Waals surface area contributed by atoms with E-state index in [0.717, 1.165) is 175 Å². The van der Waals surface area contributed by atoms with Gasteiger partial charge in [0.2, 0.25) is 0 Å². The quantitative estimate of drug-likeness (QED) is 0.0301. The number of fused-ring (bicyclic) bond motifs is 2. The molecule has 4 heterocycles. The van der Waals surface area contributed by atoms with Crippen LogP contribution >= 0.6 is 31.9 Å². The zero-order valence-corrected chi connectivity index (χ0v) is 48.9. The fraction of sp³-hybridized carbons (Fsp3) is 0.413. The maximum atomic E-state index is 14.1. The molecule has 0 fully saturated rings. The Morgan fingerprint density at radius 2 is 0.573 bits per heavy atom. The van der Waals surface area contributed by atoms with E-state index >= 15 is 0 Å². The molecule has 0 bridgehead atoms. The molecule has 0 saturated carbocycles. The molecule has 0 aliphatic carbocycles. The first kappa shape index (κ1) is 59.1. The molecule has 4 aromatic rings. The summed E-state index contributed by atoms with van der Waals surface area (Å²) in [4.78, 5) is 72.1. The van der Waals surface area contributed by atoms with Crippen molar-refractivity contribution < 1.29 is 41.8 Å². The fourth-order valence-corrected chi connectivity index (χ4v) is 10.8. The average molecular weight is 1190 g/mol. The molecule has 0 saturated heterocycles. The van der Waals surface area contributed by atoms with Gasteiger partial charge in [0.1, 0.15) is 0 Å². The number of nitrogens with zero attached hydrogens (tertiary/aromatic N) is 4. The molecule has 9 nitrogen and oxygen atoms in total. The molecule has 0 N–H and O–H groups in total. The molecular weight excluding hydrogens is 1110 g/mol. The van der Waals surface area contributed by atoms with Crippen LogP contribution in [0.5, 0.6) is 0 Å². The molecule has 4 amide bonds. The largest absolute Gasteiger partial charge is 0.545 e. The summed E-state index contributed by atoms with van der Waals surface area (Å²) in [6, 6.07) is 32.3. The van der Waals surface area contributed by atoms with Crippen molar-refractivity contribution in [1.29, 1.82) is 0 Å². The predicted molar refractivity (Wildman–Crippen MR) is 308 cm³/mol. The number of unbranched alkanes of at least 4 members (excludes halogenated alkanes) is 12. The Balaban J connectivity index is 0.000000264. The van der Waals surface area contributed by atoms with E-state index in [1.165, 1.54) is 0 Å². The van der Waals surface area contributed by atoms with Gasteiger partial charge in [-0.05, 0) is 86.1 Å². The first-order chi connectivity index (χ1) is 36.4. The Morgan fingerprint density at radius 1 is 0.373 bits per heavy atom. The number of halogens is 2. The Morgan fingerprint density at radius 3 is 0.773 bits per heavy atom. The van der Waals surface area contributed by atoms with Gasteiger partial charge in [-0.25, -0.2) is 0 Å². The Kier molecular flexibility index (Phi) is 23.6. The molecule has 0 unspecified atom stereocenters. The van der Waals surface area contributed by atoms with Crippen molar-refractivity contribution in [3.63, 3.8) is 0 Å². The van der Waals surface area contributed by atoms with Crippen molar-refractivity contribution in [2.24, 2.45) is 0 Å². The van der Waals surface area contributed by atoms with Gasteiger partial charge in [0.15, 0.2) is 0 Å². The third-order valence-corrected chi connectivity index (χ3v) is 15.2. The summed E-state index contributed by atoms with van der Waals surface area (Å²) in [6.45, 7) is 16.1. The summed E-state index contributed by atoms with van der Waals surface area (Å²) in [5.74, 6) is -0.169. The second-order valence-corrected chi connectivity index (χ2v) is 21.5. The number of amides is 4. The predicted octanol–water partition coefficient (Wildman–Crippen LogP) is 15.2. The Labute approximate surface area is 475 Å². The number of aryl methyl sites for hydroxylation is 2. The van der Waals surface area contributed by atoms with Crippen molar-refractivity contribution in [3.8, 4) is 0 Å². The second-order valence-electron chi connectivity index (χ2n) is 19.7. The van der Waals surface area contributed by atoms with Gasteiger partial charge in [0.05, 0.1) is 45.1 Å². The van der Waals surface area contributed by atoms with Crippen LogP contribution in [0.2, 0.25) is 0 Å². The van der Waals surface area contributed by atoms with Crippen LogP contribution < -0.4 is 0 Å². The zero-order chi connectivity index (χ0) is 54.0. The molecule has 8 rings (SSSR count). The van der Waals surface area contributed by atoms with Crippen LogP contribution in [0.4, 0.5) is 0 Å². The van der Waals surface area contributed by atoms with Gasteiger partial charge < -0.3 is 24.4 Å². The van der Waals surface area contributed by atoms with Gasteiger partial charge in [-0.15, -0.1) is 0 Å². The van der Waals surface area contributed by atoms with Crippen molar-refractivity contribution in [3.05, 3.63) is 162 Å². The third kappa shape index (κ3) is 14.3. The molecule has 0 radical (unpaired) electrons. The van der Waals surface area contributed by atoms with Crippen LogP contribution in [-0.2, 0) is 40.5 Å². The summed E-state index contributed by atoms with van der Waals surface area (Å²) in [7, 11) is 0. The van der Waals surface area contributed by atoms with Gasteiger partial charge in [-0.1, -0.05) is 221 Å². The van der Waals surface area contributed by atoms with Crippen LogP contribution in [-0.4, -0.2) is 76.2 Å². The summed E-state index contributed by atoms with van der Waals surface area (Å²) in [5, 5.41) is 0. The van der Waals surface area contributed by atoms with Crippen LogP contribution in [0.3, 0.4) is 0 Å². The van der Waals surface area contributed by atoms with Crippen molar-refractivity contribution in [1.82, 2.24) is 19.6 Å². The molecule has 0 spiro atoms. The van der Waals surface area contributed by atoms with E-state index in [1.54, 1.807) is 0 Å². The molecular formula is C63H75Br2N4NiO5-. The molecule has 75 heavy (non-hydrogen) atoms. The number of hydrogen-bond acceptors (Lipinski definition) is 5. The van der Waals surface area contributed by atoms with E-state index < -0.39 is 0 Å². The third-order valence-electron chi connectivity index (χ3n) is 14.2. The molecule has 4 aliphatic heterocycles. The van der Waals surface area contributed by atoms with Crippen molar-refractivity contribution >= 4 is 85.0 Å². The minimum atomic E-state index is -0.0539. The minimum Gasteiger partial charge on any atom is -0.545 e. The van der Waals surface area contributed by atoms with Crippen molar-refractivity contribution in [2.45, 2.75) is 144 Å². The number of carbonyl (C=O) groups excluding carboxylic acids is 5. The topological polar surface area (TPSA) is 98.3 Å². The second kappa shape index (κ2) is 30.0. The zero-order valence-electron chi connectivity index (χ0n) is 45.8. The van der Waals surface area contributed by atoms with Crippen LogP contribution in [0.1, 0.15) is 165 Å². The molecule has 4 aliphatic rings. The smallest absolute Gasteiger partial charge is 0.261 e.